The molecule has 0 spiro atoms. The first kappa shape index (κ1) is 16.6. The van der Waals surface area contributed by atoms with Crippen molar-refractivity contribution in [3.05, 3.63) is 41.8 Å². The summed E-state index contributed by atoms with van der Waals surface area (Å²) in [4.78, 5) is 12.5. The number of ether oxygens (including phenoxy) is 1. The first-order valence-corrected chi connectivity index (χ1v) is 8.36. The lowest BCUT2D eigenvalue weighted by Gasteiger charge is -2.16. The fourth-order valence-corrected chi connectivity index (χ4v) is 3.01. The van der Waals surface area contributed by atoms with Gasteiger partial charge in [-0.3, -0.25) is 9.89 Å². The van der Waals surface area contributed by atoms with Crippen molar-refractivity contribution in [2.45, 2.75) is 44.8 Å². The summed E-state index contributed by atoms with van der Waals surface area (Å²) in [7, 11) is 0. The van der Waals surface area contributed by atoms with E-state index in [2.05, 4.69) is 15.5 Å². The van der Waals surface area contributed by atoms with Gasteiger partial charge in [-0.1, -0.05) is 12.1 Å². The average molecular weight is 331 g/mol. The molecule has 1 saturated heterocycles. The predicted octanol–water partition coefficient (Wildman–Crippen LogP) is 3.29. The number of benzene rings is 1. The van der Waals surface area contributed by atoms with E-state index in [9.17, 15) is 9.18 Å². The van der Waals surface area contributed by atoms with E-state index < -0.39 is 0 Å². The van der Waals surface area contributed by atoms with E-state index in [1.54, 1.807) is 18.2 Å². The zero-order chi connectivity index (χ0) is 16.9. The summed E-state index contributed by atoms with van der Waals surface area (Å²) in [5.41, 5.74) is 1.09. The third-order valence-corrected chi connectivity index (χ3v) is 4.35. The Morgan fingerprint density at radius 2 is 2.33 bits per heavy atom. The van der Waals surface area contributed by atoms with Crippen LogP contribution >= 0.6 is 0 Å². The molecule has 0 radical (unpaired) electrons. The van der Waals surface area contributed by atoms with E-state index in [0.29, 0.717) is 22.9 Å². The summed E-state index contributed by atoms with van der Waals surface area (Å²) >= 11 is 0. The third-order valence-electron chi connectivity index (χ3n) is 4.35. The molecular weight excluding hydrogens is 309 g/mol. The summed E-state index contributed by atoms with van der Waals surface area (Å²) in [5.74, 6) is -0.635. The summed E-state index contributed by atoms with van der Waals surface area (Å²) < 4.78 is 19.6. The Bertz CT molecular complexity index is 695. The molecule has 0 bridgehead atoms. The van der Waals surface area contributed by atoms with Crippen LogP contribution < -0.4 is 5.32 Å². The van der Waals surface area contributed by atoms with Gasteiger partial charge in [0, 0.05) is 18.2 Å². The van der Waals surface area contributed by atoms with Gasteiger partial charge in [0.25, 0.3) is 5.91 Å². The maximum absolute atomic E-state index is 14.0. The van der Waals surface area contributed by atoms with Crippen molar-refractivity contribution >= 4 is 5.91 Å². The lowest BCUT2D eigenvalue weighted by atomic mass is 10.1. The van der Waals surface area contributed by atoms with E-state index in [1.165, 1.54) is 12.3 Å². The fraction of sp³-hybridized carbons (Fsp3) is 0.444. The highest BCUT2D eigenvalue weighted by Gasteiger charge is 2.20. The molecule has 0 saturated carbocycles. The van der Waals surface area contributed by atoms with Crippen LogP contribution in [0.15, 0.2) is 30.5 Å². The topological polar surface area (TPSA) is 67.0 Å². The molecule has 128 valence electrons. The summed E-state index contributed by atoms with van der Waals surface area (Å²) in [6.45, 7) is 2.81. The number of nitrogens with one attached hydrogen (secondary N) is 2. The monoisotopic (exact) mass is 331 g/mol. The molecule has 2 atom stereocenters. The van der Waals surface area contributed by atoms with Crippen molar-refractivity contribution in [1.29, 1.82) is 0 Å². The molecule has 0 aliphatic carbocycles. The second-order valence-electron chi connectivity index (χ2n) is 6.23. The normalized spacial score (nSPS) is 18.5. The minimum Gasteiger partial charge on any atom is -0.378 e. The van der Waals surface area contributed by atoms with Gasteiger partial charge in [0.2, 0.25) is 0 Å². The summed E-state index contributed by atoms with van der Waals surface area (Å²) in [6, 6.07) is 6.35. The molecule has 1 amide bonds. The van der Waals surface area contributed by atoms with Gasteiger partial charge in [0.05, 0.1) is 23.6 Å². The second-order valence-corrected chi connectivity index (χ2v) is 6.23. The van der Waals surface area contributed by atoms with Crippen molar-refractivity contribution in [2.24, 2.45) is 0 Å². The average Bonchev–Trinajstić information content (AvgIpc) is 3.25. The second kappa shape index (κ2) is 7.57. The molecule has 0 unspecified atom stereocenters. The van der Waals surface area contributed by atoms with Gasteiger partial charge in [-0.25, -0.2) is 4.39 Å². The van der Waals surface area contributed by atoms with Gasteiger partial charge in [-0.15, -0.1) is 0 Å². The van der Waals surface area contributed by atoms with Gasteiger partial charge >= 0.3 is 0 Å². The van der Waals surface area contributed by atoms with E-state index >= 15 is 0 Å². The van der Waals surface area contributed by atoms with Gasteiger partial charge in [0.1, 0.15) is 5.82 Å². The highest BCUT2D eigenvalue weighted by Crippen LogP contribution is 2.24. The molecule has 2 heterocycles. The molecular formula is C18H22FN3O2. The third kappa shape index (κ3) is 3.82. The number of rotatable bonds is 6. The van der Waals surface area contributed by atoms with Gasteiger partial charge in [0.15, 0.2) is 0 Å². The Morgan fingerprint density at radius 1 is 1.50 bits per heavy atom. The molecule has 3 rings (SSSR count). The Kier molecular flexibility index (Phi) is 5.25. The number of hydrogen-bond acceptors (Lipinski definition) is 3. The maximum atomic E-state index is 14.0. The predicted molar refractivity (Wildman–Crippen MR) is 89.1 cm³/mol. The van der Waals surface area contributed by atoms with Crippen LogP contribution in [0.1, 0.15) is 43.0 Å². The Hall–Kier alpha value is -2.21. The fourth-order valence-electron chi connectivity index (χ4n) is 3.01. The SMILES string of the molecule is C[C@H](CC[C@@H]1CCCO1)NC(=O)c1cn[nH]c1-c1ccccc1F. The lowest BCUT2D eigenvalue weighted by Crippen LogP contribution is -2.33. The summed E-state index contributed by atoms with van der Waals surface area (Å²) in [5, 5.41) is 9.59. The smallest absolute Gasteiger partial charge is 0.255 e. The number of nitrogens with zero attached hydrogens (tertiary/aromatic N) is 1. The van der Waals surface area contributed by atoms with Crippen LogP contribution in [-0.4, -0.2) is 34.9 Å². The number of aromatic nitrogens is 2. The van der Waals surface area contributed by atoms with Crippen molar-refractivity contribution in [3.8, 4) is 11.3 Å². The largest absolute Gasteiger partial charge is 0.378 e. The van der Waals surface area contributed by atoms with Crippen LogP contribution in [0.4, 0.5) is 4.39 Å². The molecule has 1 aromatic carbocycles. The molecule has 1 aliphatic rings. The van der Waals surface area contributed by atoms with Gasteiger partial charge in [-0.2, -0.15) is 5.10 Å². The van der Waals surface area contributed by atoms with Crippen LogP contribution in [0.25, 0.3) is 11.3 Å². The highest BCUT2D eigenvalue weighted by molar-refractivity contribution is 5.99. The maximum Gasteiger partial charge on any atom is 0.255 e. The van der Waals surface area contributed by atoms with Crippen LogP contribution in [0.3, 0.4) is 0 Å². The Morgan fingerprint density at radius 3 is 3.08 bits per heavy atom. The van der Waals surface area contributed by atoms with E-state index in [1.807, 2.05) is 6.92 Å². The first-order valence-electron chi connectivity index (χ1n) is 8.36. The van der Waals surface area contributed by atoms with E-state index in [-0.39, 0.29) is 17.8 Å². The van der Waals surface area contributed by atoms with Crippen molar-refractivity contribution in [2.75, 3.05) is 6.61 Å². The number of H-pyrrole nitrogens is 1. The number of halogens is 1. The zero-order valence-electron chi connectivity index (χ0n) is 13.7. The quantitative estimate of drug-likeness (QED) is 0.853. The highest BCUT2D eigenvalue weighted by atomic mass is 19.1. The molecule has 1 aliphatic heterocycles. The van der Waals surface area contributed by atoms with Crippen LogP contribution in [-0.2, 0) is 4.74 Å². The molecule has 1 aromatic heterocycles. The molecule has 6 heteroatoms. The van der Waals surface area contributed by atoms with Crippen LogP contribution in [0, 0.1) is 5.82 Å². The number of hydrogen-bond donors (Lipinski definition) is 2. The van der Waals surface area contributed by atoms with E-state index in [4.69, 9.17) is 4.74 Å². The molecule has 1 fully saturated rings. The first-order chi connectivity index (χ1) is 11.6. The minimum atomic E-state index is -0.387. The Labute approximate surface area is 140 Å². The molecule has 24 heavy (non-hydrogen) atoms. The van der Waals surface area contributed by atoms with Gasteiger partial charge in [-0.05, 0) is 44.7 Å². The number of carbonyl (C=O) groups excluding carboxylic acids is 1. The lowest BCUT2D eigenvalue weighted by molar-refractivity contribution is 0.0900. The number of amides is 1. The van der Waals surface area contributed by atoms with Crippen LogP contribution in [0.5, 0.6) is 0 Å². The molecule has 2 aromatic rings. The van der Waals surface area contributed by atoms with Crippen LogP contribution in [0.2, 0.25) is 0 Å². The Balaban J connectivity index is 1.63. The number of aromatic amines is 1. The van der Waals surface area contributed by atoms with Crippen molar-refractivity contribution in [1.82, 2.24) is 15.5 Å². The van der Waals surface area contributed by atoms with Crippen molar-refractivity contribution in [3.63, 3.8) is 0 Å². The zero-order valence-corrected chi connectivity index (χ0v) is 13.7. The number of carbonyl (C=O) groups is 1. The standard InChI is InChI=1S/C18H22FN3O2/c1-12(8-9-13-5-4-10-24-13)21-18(23)15-11-20-22-17(15)14-6-2-3-7-16(14)19/h2-3,6-7,11-13H,4-5,8-10H2,1H3,(H,20,22)(H,21,23)/t12-,13+/m1/s1. The summed E-state index contributed by atoms with van der Waals surface area (Å²) in [6.07, 6.45) is 5.75. The molecule has 5 nitrogen and oxygen atoms in total. The molecule has 2 N–H and O–H groups in total. The van der Waals surface area contributed by atoms with Gasteiger partial charge < -0.3 is 10.1 Å². The minimum absolute atomic E-state index is 0.0186. The van der Waals surface area contributed by atoms with Crippen molar-refractivity contribution < 1.29 is 13.9 Å². The van der Waals surface area contributed by atoms with E-state index in [0.717, 1.165) is 32.3 Å².